The average molecular weight is 330 g/mol. The van der Waals surface area contributed by atoms with E-state index in [1.165, 1.54) is 13.0 Å². The molecule has 100 valence electrons. The van der Waals surface area contributed by atoms with Gasteiger partial charge in [0.15, 0.2) is 6.61 Å². The molecule has 1 amide bonds. The highest BCUT2D eigenvalue weighted by atomic mass is 79.9. The Kier molecular flexibility index (Phi) is 4.55. The summed E-state index contributed by atoms with van der Waals surface area (Å²) < 4.78 is 52.5. The first-order chi connectivity index (χ1) is 8.19. The first-order valence-corrected chi connectivity index (χ1v) is 5.44. The lowest BCUT2D eigenvalue weighted by Crippen LogP contribution is -2.23. The van der Waals surface area contributed by atoms with Crippen molar-refractivity contribution in [3.63, 3.8) is 0 Å². The van der Waals surface area contributed by atoms with Crippen molar-refractivity contribution in [1.82, 2.24) is 0 Å². The van der Waals surface area contributed by atoms with Gasteiger partial charge in [-0.15, -0.1) is 0 Å². The highest BCUT2D eigenvalue weighted by Crippen LogP contribution is 2.24. The van der Waals surface area contributed by atoms with Gasteiger partial charge in [0.25, 0.3) is 0 Å². The third-order valence-corrected chi connectivity index (χ3v) is 2.48. The number of carbonyl (C=O) groups excluding carboxylic acids is 1. The van der Waals surface area contributed by atoms with E-state index < -0.39 is 24.7 Å². The standard InChI is InChI=1S/C10H8BrF4NO2/c1-5-2-7(12)6(11)3-8(5)16-9(17)18-4-10(13,14)15/h2-3H,4H2,1H3,(H,16,17). The third kappa shape index (κ3) is 4.52. The molecule has 0 bridgehead atoms. The number of alkyl halides is 3. The topological polar surface area (TPSA) is 38.3 Å². The summed E-state index contributed by atoms with van der Waals surface area (Å²) in [4.78, 5) is 11.1. The van der Waals surface area contributed by atoms with Crippen LogP contribution in [0.5, 0.6) is 0 Å². The van der Waals surface area contributed by atoms with E-state index in [4.69, 9.17) is 0 Å². The summed E-state index contributed by atoms with van der Waals surface area (Å²) in [5.74, 6) is -0.540. The molecule has 0 aromatic heterocycles. The van der Waals surface area contributed by atoms with E-state index in [0.717, 1.165) is 6.07 Å². The molecule has 0 aliphatic heterocycles. The van der Waals surface area contributed by atoms with E-state index in [1.807, 2.05) is 0 Å². The SMILES string of the molecule is Cc1cc(F)c(Br)cc1NC(=O)OCC(F)(F)F. The largest absolute Gasteiger partial charge is 0.440 e. The van der Waals surface area contributed by atoms with Gasteiger partial charge in [0.2, 0.25) is 0 Å². The normalized spacial score (nSPS) is 11.2. The van der Waals surface area contributed by atoms with Gasteiger partial charge in [-0.25, -0.2) is 9.18 Å². The molecule has 8 heteroatoms. The summed E-state index contributed by atoms with van der Waals surface area (Å²) in [6.07, 6.45) is -5.84. The van der Waals surface area contributed by atoms with E-state index in [2.05, 4.69) is 26.0 Å². The van der Waals surface area contributed by atoms with Gasteiger partial charge in [-0.2, -0.15) is 13.2 Å². The number of anilines is 1. The van der Waals surface area contributed by atoms with Crippen LogP contribution in [0.4, 0.5) is 28.0 Å². The predicted octanol–water partition coefficient (Wildman–Crippen LogP) is 4.01. The van der Waals surface area contributed by atoms with Gasteiger partial charge >= 0.3 is 12.3 Å². The van der Waals surface area contributed by atoms with Gasteiger partial charge in [-0.05, 0) is 40.5 Å². The fourth-order valence-electron chi connectivity index (χ4n) is 1.07. The number of ether oxygens (including phenoxy) is 1. The quantitative estimate of drug-likeness (QED) is 0.832. The van der Waals surface area contributed by atoms with Crippen LogP contribution in [0.2, 0.25) is 0 Å². The summed E-state index contributed by atoms with van der Waals surface area (Å²) in [6.45, 7) is -0.185. The molecule has 0 saturated heterocycles. The number of rotatable bonds is 2. The number of nitrogens with one attached hydrogen (secondary N) is 1. The van der Waals surface area contributed by atoms with E-state index in [9.17, 15) is 22.4 Å². The molecule has 0 aliphatic carbocycles. The molecule has 0 fully saturated rings. The predicted molar refractivity (Wildman–Crippen MR) is 59.9 cm³/mol. The van der Waals surface area contributed by atoms with Gasteiger partial charge in [0.05, 0.1) is 4.47 Å². The summed E-state index contributed by atoms with van der Waals surface area (Å²) in [5, 5.41) is 2.09. The van der Waals surface area contributed by atoms with Crippen molar-refractivity contribution in [2.45, 2.75) is 13.1 Å². The van der Waals surface area contributed by atoms with Gasteiger partial charge in [-0.1, -0.05) is 0 Å². The van der Waals surface area contributed by atoms with Crippen LogP contribution in [0.25, 0.3) is 0 Å². The molecule has 18 heavy (non-hydrogen) atoms. The minimum atomic E-state index is -4.59. The molecule has 0 spiro atoms. The van der Waals surface area contributed by atoms with Crippen LogP contribution in [-0.4, -0.2) is 18.9 Å². The van der Waals surface area contributed by atoms with Gasteiger partial charge in [-0.3, -0.25) is 5.32 Å². The zero-order chi connectivity index (χ0) is 13.9. The van der Waals surface area contributed by atoms with Crippen molar-refractivity contribution in [3.05, 3.63) is 28.0 Å². The molecule has 0 saturated carbocycles. The fraction of sp³-hybridized carbons (Fsp3) is 0.300. The maximum absolute atomic E-state index is 13.1. The number of amides is 1. The summed E-state index contributed by atoms with van der Waals surface area (Å²) >= 11 is 2.89. The highest BCUT2D eigenvalue weighted by molar-refractivity contribution is 9.10. The number of hydrogen-bond donors (Lipinski definition) is 1. The molecule has 1 N–H and O–H groups in total. The van der Waals surface area contributed by atoms with E-state index in [0.29, 0.717) is 5.56 Å². The zero-order valence-electron chi connectivity index (χ0n) is 9.07. The van der Waals surface area contributed by atoms with E-state index in [1.54, 1.807) is 0 Å². The third-order valence-electron chi connectivity index (χ3n) is 1.87. The molecule has 0 aliphatic rings. The Morgan fingerprint density at radius 1 is 1.44 bits per heavy atom. The number of benzene rings is 1. The van der Waals surface area contributed by atoms with Crippen molar-refractivity contribution >= 4 is 27.7 Å². The van der Waals surface area contributed by atoms with Crippen LogP contribution in [-0.2, 0) is 4.74 Å². The minimum absolute atomic E-state index is 0.0826. The zero-order valence-corrected chi connectivity index (χ0v) is 10.7. The molecular formula is C10H8BrF4NO2. The van der Waals surface area contributed by atoms with Crippen LogP contribution in [0.1, 0.15) is 5.56 Å². The Bertz CT molecular complexity index is 462. The van der Waals surface area contributed by atoms with Crippen LogP contribution < -0.4 is 5.32 Å². The van der Waals surface area contributed by atoms with Crippen LogP contribution in [0.15, 0.2) is 16.6 Å². The van der Waals surface area contributed by atoms with E-state index in [-0.39, 0.29) is 10.2 Å². The van der Waals surface area contributed by atoms with E-state index >= 15 is 0 Å². The van der Waals surface area contributed by atoms with Crippen molar-refractivity contribution in [2.75, 3.05) is 11.9 Å². The van der Waals surface area contributed by atoms with Gasteiger partial charge < -0.3 is 4.74 Å². The Hall–Kier alpha value is -1.31. The fourth-order valence-corrected chi connectivity index (χ4v) is 1.42. The minimum Gasteiger partial charge on any atom is -0.440 e. The lowest BCUT2D eigenvalue weighted by atomic mass is 10.2. The van der Waals surface area contributed by atoms with Crippen LogP contribution in [0, 0.1) is 12.7 Å². The Morgan fingerprint density at radius 2 is 2.06 bits per heavy atom. The smallest absolute Gasteiger partial charge is 0.422 e. The molecule has 1 aromatic carbocycles. The summed E-state index contributed by atoms with van der Waals surface area (Å²) in [7, 11) is 0. The van der Waals surface area contributed by atoms with Crippen LogP contribution in [0.3, 0.4) is 0 Å². The highest BCUT2D eigenvalue weighted by Gasteiger charge is 2.29. The van der Waals surface area contributed by atoms with Crippen molar-refractivity contribution in [2.24, 2.45) is 0 Å². The molecule has 0 heterocycles. The molecular weight excluding hydrogens is 322 g/mol. The Balaban J connectivity index is 2.68. The van der Waals surface area contributed by atoms with Crippen LogP contribution >= 0.6 is 15.9 Å². The molecule has 1 rings (SSSR count). The molecule has 1 aromatic rings. The Morgan fingerprint density at radius 3 is 2.61 bits per heavy atom. The van der Waals surface area contributed by atoms with Gasteiger partial charge in [0, 0.05) is 5.69 Å². The number of carbonyl (C=O) groups is 1. The lowest BCUT2D eigenvalue weighted by Gasteiger charge is -2.11. The first-order valence-electron chi connectivity index (χ1n) is 4.65. The average Bonchev–Trinajstić information content (AvgIpc) is 2.22. The van der Waals surface area contributed by atoms with Crippen molar-refractivity contribution < 1.29 is 27.1 Å². The second-order valence-corrected chi connectivity index (χ2v) is 4.25. The number of aryl methyl sites for hydroxylation is 1. The second kappa shape index (κ2) is 5.55. The number of hydrogen-bond acceptors (Lipinski definition) is 2. The Labute approximate surface area is 108 Å². The maximum Gasteiger partial charge on any atom is 0.422 e. The summed E-state index contributed by atoms with van der Waals surface area (Å²) in [5.41, 5.74) is 0.523. The second-order valence-electron chi connectivity index (χ2n) is 3.40. The van der Waals surface area contributed by atoms with Crippen molar-refractivity contribution in [1.29, 1.82) is 0 Å². The first kappa shape index (κ1) is 14.7. The van der Waals surface area contributed by atoms with Gasteiger partial charge in [0.1, 0.15) is 5.82 Å². The monoisotopic (exact) mass is 329 g/mol. The maximum atomic E-state index is 13.1. The number of halogens is 5. The lowest BCUT2D eigenvalue weighted by molar-refractivity contribution is -0.159. The summed E-state index contributed by atoms with van der Waals surface area (Å²) in [6, 6.07) is 2.36. The molecule has 0 atom stereocenters. The van der Waals surface area contributed by atoms with Crippen molar-refractivity contribution in [3.8, 4) is 0 Å². The molecule has 0 radical (unpaired) electrons. The molecule has 3 nitrogen and oxygen atoms in total. The molecule has 0 unspecified atom stereocenters.